The topological polar surface area (TPSA) is 58.1 Å². The number of benzene rings is 1. The molecular weight excluding hydrogens is 493 g/mol. The lowest BCUT2D eigenvalue weighted by atomic mass is 10.00. The van der Waals surface area contributed by atoms with Crippen LogP contribution in [0.15, 0.2) is 29.3 Å². The number of para-hydroxylation sites is 1. The van der Waals surface area contributed by atoms with Gasteiger partial charge in [-0.25, -0.2) is 0 Å². The average molecular weight is 526 g/mol. The van der Waals surface area contributed by atoms with Crippen molar-refractivity contribution in [3.05, 3.63) is 29.8 Å². The molecule has 1 aliphatic heterocycles. The van der Waals surface area contributed by atoms with E-state index < -0.39 is 6.61 Å². The van der Waals surface area contributed by atoms with Crippen molar-refractivity contribution in [3.63, 3.8) is 0 Å². The van der Waals surface area contributed by atoms with Gasteiger partial charge >= 0.3 is 6.61 Å². The molecule has 2 N–H and O–H groups in total. The number of nitrogens with zero attached hydrogens (tertiary/aromatic N) is 2. The number of halogens is 3. The number of ether oxygens (including phenoxy) is 2. The molecule has 1 saturated heterocycles. The van der Waals surface area contributed by atoms with Gasteiger partial charge in [0.15, 0.2) is 5.96 Å². The van der Waals surface area contributed by atoms with Crippen LogP contribution < -0.4 is 15.4 Å². The summed E-state index contributed by atoms with van der Waals surface area (Å²) in [6, 6.07) is 6.73. The van der Waals surface area contributed by atoms with Gasteiger partial charge in [-0.15, -0.1) is 24.0 Å². The molecule has 0 bridgehead atoms. The molecule has 1 fully saturated rings. The predicted molar refractivity (Wildman–Crippen MR) is 122 cm³/mol. The number of morpholine rings is 1. The molecule has 1 heterocycles. The van der Waals surface area contributed by atoms with Gasteiger partial charge in [0.05, 0.1) is 12.2 Å². The highest BCUT2D eigenvalue weighted by Gasteiger charge is 2.33. The number of aliphatic imine (C=N–C) groups is 1. The van der Waals surface area contributed by atoms with Gasteiger partial charge in [0.25, 0.3) is 0 Å². The highest BCUT2D eigenvalue weighted by atomic mass is 127. The Morgan fingerprint density at radius 2 is 1.86 bits per heavy atom. The third-order valence-electron chi connectivity index (χ3n) is 4.82. The minimum absolute atomic E-state index is 0. The van der Waals surface area contributed by atoms with Crippen LogP contribution in [0.5, 0.6) is 5.75 Å². The molecule has 2 atom stereocenters. The van der Waals surface area contributed by atoms with E-state index in [2.05, 4.69) is 53.0 Å². The van der Waals surface area contributed by atoms with E-state index in [1.807, 2.05) is 0 Å². The number of alkyl halides is 2. The summed E-state index contributed by atoms with van der Waals surface area (Å²) in [7, 11) is 1.68. The van der Waals surface area contributed by atoms with Gasteiger partial charge in [-0.1, -0.05) is 18.2 Å². The van der Waals surface area contributed by atoms with Crippen molar-refractivity contribution in [1.82, 2.24) is 15.5 Å². The smallest absolute Gasteiger partial charge is 0.387 e. The molecule has 0 saturated carbocycles. The molecule has 1 aromatic carbocycles. The first-order valence-electron chi connectivity index (χ1n) is 9.59. The van der Waals surface area contributed by atoms with Gasteiger partial charge in [0, 0.05) is 44.3 Å². The lowest BCUT2D eigenvalue weighted by molar-refractivity contribution is -0.0946. The van der Waals surface area contributed by atoms with E-state index in [1.165, 1.54) is 6.07 Å². The van der Waals surface area contributed by atoms with Gasteiger partial charge in [-0.2, -0.15) is 8.78 Å². The van der Waals surface area contributed by atoms with Crippen molar-refractivity contribution >= 4 is 29.9 Å². The molecule has 0 aromatic heterocycles. The average Bonchev–Trinajstić information content (AvgIpc) is 2.61. The SMILES string of the molecule is CN=C(NCc1ccccc1OC(F)F)NCC(C)(C)N1CC(C)OC(C)C1.I. The van der Waals surface area contributed by atoms with Crippen LogP contribution in [0, 0.1) is 0 Å². The Balaban J connectivity index is 0.00000420. The maximum absolute atomic E-state index is 12.6. The first-order chi connectivity index (χ1) is 13.2. The molecule has 1 aromatic rings. The highest BCUT2D eigenvalue weighted by molar-refractivity contribution is 14.0. The monoisotopic (exact) mass is 526 g/mol. The van der Waals surface area contributed by atoms with Crippen LogP contribution in [0.2, 0.25) is 0 Å². The summed E-state index contributed by atoms with van der Waals surface area (Å²) in [4.78, 5) is 6.65. The summed E-state index contributed by atoms with van der Waals surface area (Å²) in [5, 5.41) is 6.50. The molecule has 0 radical (unpaired) electrons. The van der Waals surface area contributed by atoms with E-state index in [4.69, 9.17) is 4.74 Å². The number of rotatable bonds is 7. The fourth-order valence-electron chi connectivity index (χ4n) is 3.34. The van der Waals surface area contributed by atoms with Crippen LogP contribution in [0.25, 0.3) is 0 Å². The molecular formula is C20H33F2IN4O2. The molecule has 2 rings (SSSR count). The second kappa shape index (κ2) is 11.8. The van der Waals surface area contributed by atoms with Gasteiger partial charge < -0.3 is 20.1 Å². The molecule has 2 unspecified atom stereocenters. The lowest BCUT2D eigenvalue weighted by Gasteiger charge is -2.45. The number of guanidine groups is 1. The van der Waals surface area contributed by atoms with Crippen LogP contribution >= 0.6 is 24.0 Å². The summed E-state index contributed by atoms with van der Waals surface area (Å²) in [5.41, 5.74) is 0.543. The van der Waals surface area contributed by atoms with Crippen molar-refractivity contribution in [2.24, 2.45) is 4.99 Å². The zero-order valence-electron chi connectivity index (χ0n) is 17.7. The van der Waals surface area contributed by atoms with E-state index in [1.54, 1.807) is 25.2 Å². The summed E-state index contributed by atoms with van der Waals surface area (Å²) in [6.45, 7) is 8.46. The predicted octanol–water partition coefficient (Wildman–Crippen LogP) is 3.46. The Hall–Kier alpha value is -1.20. The first-order valence-corrected chi connectivity index (χ1v) is 9.59. The van der Waals surface area contributed by atoms with Crippen LogP contribution in [0.1, 0.15) is 33.3 Å². The fraction of sp³-hybridized carbons (Fsp3) is 0.650. The number of hydrogen-bond acceptors (Lipinski definition) is 4. The van der Waals surface area contributed by atoms with E-state index in [9.17, 15) is 8.78 Å². The second-order valence-electron chi connectivity index (χ2n) is 7.74. The zero-order valence-corrected chi connectivity index (χ0v) is 20.1. The Bertz CT molecular complexity index is 651. The zero-order chi connectivity index (χ0) is 20.7. The third-order valence-corrected chi connectivity index (χ3v) is 4.82. The van der Waals surface area contributed by atoms with Crippen molar-refractivity contribution in [2.75, 3.05) is 26.7 Å². The highest BCUT2D eigenvalue weighted by Crippen LogP contribution is 2.21. The van der Waals surface area contributed by atoms with E-state index in [0.29, 0.717) is 24.6 Å². The molecule has 29 heavy (non-hydrogen) atoms. The van der Waals surface area contributed by atoms with Gasteiger partial charge in [0.2, 0.25) is 0 Å². The molecule has 166 valence electrons. The number of hydrogen-bond donors (Lipinski definition) is 2. The van der Waals surface area contributed by atoms with E-state index in [0.717, 1.165) is 13.1 Å². The minimum Gasteiger partial charge on any atom is -0.434 e. The molecule has 9 heteroatoms. The quantitative estimate of drug-likeness (QED) is 0.324. The maximum Gasteiger partial charge on any atom is 0.387 e. The van der Waals surface area contributed by atoms with Crippen molar-refractivity contribution < 1.29 is 18.3 Å². The lowest BCUT2D eigenvalue weighted by Crippen LogP contribution is -2.59. The summed E-state index contributed by atoms with van der Waals surface area (Å²) < 4.78 is 35.5. The van der Waals surface area contributed by atoms with Crippen molar-refractivity contribution in [2.45, 2.75) is 58.6 Å². The van der Waals surface area contributed by atoms with Gasteiger partial charge in [-0.05, 0) is 33.8 Å². The van der Waals surface area contributed by atoms with Crippen LogP contribution in [-0.2, 0) is 11.3 Å². The third kappa shape index (κ3) is 8.21. The van der Waals surface area contributed by atoms with Gasteiger partial charge in [0.1, 0.15) is 5.75 Å². The first kappa shape index (κ1) is 25.8. The molecule has 0 spiro atoms. The van der Waals surface area contributed by atoms with Crippen LogP contribution in [-0.4, -0.2) is 61.9 Å². The van der Waals surface area contributed by atoms with Crippen LogP contribution in [0.3, 0.4) is 0 Å². The molecule has 6 nitrogen and oxygen atoms in total. The summed E-state index contributed by atoms with van der Waals surface area (Å²) in [5.74, 6) is 0.770. The fourth-order valence-corrected chi connectivity index (χ4v) is 3.34. The normalized spacial score (nSPS) is 20.9. The Kier molecular flexibility index (Phi) is 10.6. The van der Waals surface area contributed by atoms with Gasteiger partial charge in [-0.3, -0.25) is 9.89 Å². The Morgan fingerprint density at radius 3 is 2.45 bits per heavy atom. The molecule has 0 amide bonds. The summed E-state index contributed by atoms with van der Waals surface area (Å²) >= 11 is 0. The van der Waals surface area contributed by atoms with Crippen LogP contribution in [0.4, 0.5) is 8.78 Å². The summed E-state index contributed by atoms with van der Waals surface area (Å²) in [6.07, 6.45) is 0.401. The van der Waals surface area contributed by atoms with E-state index >= 15 is 0 Å². The Labute approximate surface area is 189 Å². The van der Waals surface area contributed by atoms with Crippen molar-refractivity contribution in [3.8, 4) is 5.75 Å². The maximum atomic E-state index is 12.6. The second-order valence-corrected chi connectivity index (χ2v) is 7.74. The number of nitrogens with one attached hydrogen (secondary N) is 2. The molecule has 1 aliphatic rings. The largest absolute Gasteiger partial charge is 0.434 e. The van der Waals surface area contributed by atoms with Crippen molar-refractivity contribution in [1.29, 1.82) is 0 Å². The molecule has 0 aliphatic carbocycles. The van der Waals surface area contributed by atoms with E-state index in [-0.39, 0.29) is 47.5 Å². The Morgan fingerprint density at radius 1 is 1.24 bits per heavy atom. The minimum atomic E-state index is -2.85. The standard InChI is InChI=1S/C20H32F2N4O2.HI/c1-14-11-26(12-15(2)27-14)20(3,4)13-25-19(23-5)24-10-16-8-6-7-9-17(16)28-18(21)22;/h6-9,14-15,18H,10-13H2,1-5H3,(H2,23,24,25);1H.